The summed E-state index contributed by atoms with van der Waals surface area (Å²) in [4.78, 5) is 4.31. The van der Waals surface area contributed by atoms with E-state index in [-0.39, 0.29) is 0 Å². The van der Waals surface area contributed by atoms with E-state index in [0.29, 0.717) is 5.95 Å². The van der Waals surface area contributed by atoms with Crippen molar-refractivity contribution in [3.63, 3.8) is 0 Å². The number of nitrogens with two attached hydrogens (primary N) is 1. The SMILES string of the molecule is COc1c(C)cc(C)cc1-c1c(C)nc(N)n1C. The molecule has 0 fully saturated rings. The Morgan fingerprint density at radius 3 is 2.39 bits per heavy atom. The molecule has 96 valence electrons. The number of imidazole rings is 1. The highest BCUT2D eigenvalue weighted by atomic mass is 16.5. The normalized spacial score (nSPS) is 10.7. The quantitative estimate of drug-likeness (QED) is 0.884. The molecule has 0 saturated carbocycles. The number of anilines is 1. The lowest BCUT2D eigenvalue weighted by atomic mass is 10.0. The van der Waals surface area contributed by atoms with Gasteiger partial charge in [-0.2, -0.15) is 0 Å². The van der Waals surface area contributed by atoms with E-state index >= 15 is 0 Å². The van der Waals surface area contributed by atoms with Crippen molar-refractivity contribution >= 4 is 5.95 Å². The molecule has 0 bridgehead atoms. The van der Waals surface area contributed by atoms with Gasteiger partial charge in [0.1, 0.15) is 5.75 Å². The number of methoxy groups -OCH3 is 1. The van der Waals surface area contributed by atoms with Crippen LogP contribution in [-0.2, 0) is 7.05 Å². The van der Waals surface area contributed by atoms with Crippen LogP contribution in [0, 0.1) is 20.8 Å². The molecule has 0 amide bonds. The van der Waals surface area contributed by atoms with Crippen LogP contribution in [0.3, 0.4) is 0 Å². The van der Waals surface area contributed by atoms with Gasteiger partial charge in [-0.3, -0.25) is 0 Å². The molecule has 4 nitrogen and oxygen atoms in total. The van der Waals surface area contributed by atoms with E-state index in [9.17, 15) is 0 Å². The molecule has 0 atom stereocenters. The Labute approximate surface area is 107 Å². The average molecular weight is 245 g/mol. The van der Waals surface area contributed by atoms with Crippen molar-refractivity contribution in [1.29, 1.82) is 0 Å². The number of hydrogen-bond acceptors (Lipinski definition) is 3. The Bertz CT molecular complexity index is 600. The van der Waals surface area contributed by atoms with Gasteiger partial charge in [-0.1, -0.05) is 6.07 Å². The summed E-state index contributed by atoms with van der Waals surface area (Å²) in [6.07, 6.45) is 0. The zero-order valence-corrected chi connectivity index (χ0v) is 11.5. The van der Waals surface area contributed by atoms with Crippen molar-refractivity contribution in [2.45, 2.75) is 20.8 Å². The van der Waals surface area contributed by atoms with Crippen LogP contribution in [0.25, 0.3) is 11.3 Å². The zero-order chi connectivity index (χ0) is 13.4. The second-order valence-corrected chi connectivity index (χ2v) is 4.63. The molecule has 1 aromatic heterocycles. The van der Waals surface area contributed by atoms with Crippen LogP contribution in [0.15, 0.2) is 12.1 Å². The van der Waals surface area contributed by atoms with Gasteiger partial charge in [-0.05, 0) is 38.0 Å². The number of benzene rings is 1. The Hall–Kier alpha value is -1.97. The summed E-state index contributed by atoms with van der Waals surface area (Å²) in [6, 6.07) is 4.21. The molecule has 18 heavy (non-hydrogen) atoms. The number of rotatable bonds is 2. The van der Waals surface area contributed by atoms with Crippen molar-refractivity contribution < 1.29 is 4.74 Å². The maximum Gasteiger partial charge on any atom is 0.200 e. The highest BCUT2D eigenvalue weighted by molar-refractivity contribution is 5.73. The molecule has 0 spiro atoms. The summed E-state index contributed by atoms with van der Waals surface area (Å²) >= 11 is 0. The smallest absolute Gasteiger partial charge is 0.200 e. The Morgan fingerprint density at radius 2 is 1.89 bits per heavy atom. The van der Waals surface area contributed by atoms with E-state index in [2.05, 4.69) is 24.0 Å². The van der Waals surface area contributed by atoms with Crippen LogP contribution in [0.1, 0.15) is 16.8 Å². The molecule has 2 aromatic rings. The summed E-state index contributed by atoms with van der Waals surface area (Å²) in [7, 11) is 3.61. The summed E-state index contributed by atoms with van der Waals surface area (Å²) in [5, 5.41) is 0. The number of hydrogen-bond donors (Lipinski definition) is 1. The third-order valence-electron chi connectivity index (χ3n) is 3.18. The van der Waals surface area contributed by atoms with Crippen molar-refractivity contribution in [3.05, 3.63) is 29.0 Å². The summed E-state index contributed by atoms with van der Waals surface area (Å²) in [5.74, 6) is 1.40. The maximum absolute atomic E-state index is 5.86. The number of nitrogen functional groups attached to an aromatic ring is 1. The molecule has 1 heterocycles. The molecule has 0 aliphatic heterocycles. The highest BCUT2D eigenvalue weighted by Gasteiger charge is 2.17. The predicted molar refractivity (Wildman–Crippen MR) is 73.8 cm³/mol. The van der Waals surface area contributed by atoms with E-state index < -0.39 is 0 Å². The summed E-state index contributed by atoms with van der Waals surface area (Å²) in [5.41, 5.74) is 11.1. The molecule has 0 aliphatic rings. The van der Waals surface area contributed by atoms with Gasteiger partial charge in [0, 0.05) is 12.6 Å². The minimum atomic E-state index is 0.517. The van der Waals surface area contributed by atoms with Gasteiger partial charge >= 0.3 is 0 Å². The molecular formula is C14H19N3O. The highest BCUT2D eigenvalue weighted by Crippen LogP contribution is 2.36. The molecule has 0 saturated heterocycles. The van der Waals surface area contributed by atoms with Crippen LogP contribution < -0.4 is 10.5 Å². The van der Waals surface area contributed by atoms with Crippen molar-refractivity contribution in [3.8, 4) is 17.0 Å². The molecule has 1 aromatic carbocycles. The molecule has 0 radical (unpaired) electrons. The van der Waals surface area contributed by atoms with Crippen LogP contribution in [0.2, 0.25) is 0 Å². The van der Waals surface area contributed by atoms with Gasteiger partial charge < -0.3 is 15.0 Å². The van der Waals surface area contributed by atoms with Gasteiger partial charge in [0.15, 0.2) is 0 Å². The van der Waals surface area contributed by atoms with Gasteiger partial charge in [0.25, 0.3) is 0 Å². The number of ether oxygens (including phenoxy) is 1. The molecule has 0 unspecified atom stereocenters. The second kappa shape index (κ2) is 4.37. The fourth-order valence-electron chi connectivity index (χ4n) is 2.43. The average Bonchev–Trinajstić information content (AvgIpc) is 2.52. The van der Waals surface area contributed by atoms with Gasteiger partial charge in [0.2, 0.25) is 5.95 Å². The van der Waals surface area contributed by atoms with E-state index in [1.807, 2.05) is 25.5 Å². The molecule has 2 rings (SSSR count). The predicted octanol–water partition coefficient (Wildman–Crippen LogP) is 2.60. The van der Waals surface area contributed by atoms with Gasteiger partial charge in [-0.15, -0.1) is 0 Å². The first-order valence-electron chi connectivity index (χ1n) is 5.90. The summed E-state index contributed by atoms with van der Waals surface area (Å²) < 4.78 is 7.42. The van der Waals surface area contributed by atoms with Crippen LogP contribution in [0.4, 0.5) is 5.95 Å². The number of nitrogens with zero attached hydrogens (tertiary/aromatic N) is 2. The monoisotopic (exact) mass is 245 g/mol. The first-order valence-corrected chi connectivity index (χ1v) is 5.90. The fraction of sp³-hybridized carbons (Fsp3) is 0.357. The fourth-order valence-corrected chi connectivity index (χ4v) is 2.43. The number of aryl methyl sites for hydroxylation is 3. The second-order valence-electron chi connectivity index (χ2n) is 4.63. The molecular weight excluding hydrogens is 226 g/mol. The van der Waals surface area contributed by atoms with Gasteiger partial charge in [0.05, 0.1) is 18.5 Å². The minimum absolute atomic E-state index is 0.517. The molecule has 4 heteroatoms. The molecule has 0 aliphatic carbocycles. The van der Waals surface area contributed by atoms with E-state index in [1.54, 1.807) is 7.11 Å². The lowest BCUT2D eigenvalue weighted by Crippen LogP contribution is -2.01. The Kier molecular flexibility index (Phi) is 3.03. The van der Waals surface area contributed by atoms with Crippen molar-refractivity contribution in [1.82, 2.24) is 9.55 Å². The maximum atomic E-state index is 5.86. The van der Waals surface area contributed by atoms with Gasteiger partial charge in [-0.25, -0.2) is 4.98 Å². The van der Waals surface area contributed by atoms with Crippen molar-refractivity contribution in [2.24, 2.45) is 7.05 Å². The third kappa shape index (κ3) is 1.83. The molecule has 2 N–H and O–H groups in total. The third-order valence-corrected chi connectivity index (χ3v) is 3.18. The van der Waals surface area contributed by atoms with E-state index in [0.717, 1.165) is 28.3 Å². The number of aromatic nitrogens is 2. The lowest BCUT2D eigenvalue weighted by molar-refractivity contribution is 0.413. The van der Waals surface area contributed by atoms with Crippen LogP contribution in [-0.4, -0.2) is 16.7 Å². The van der Waals surface area contributed by atoms with E-state index in [4.69, 9.17) is 10.5 Å². The van der Waals surface area contributed by atoms with Crippen molar-refractivity contribution in [2.75, 3.05) is 12.8 Å². The summed E-state index contributed by atoms with van der Waals surface area (Å²) in [6.45, 7) is 6.08. The van der Waals surface area contributed by atoms with Crippen LogP contribution >= 0.6 is 0 Å². The topological polar surface area (TPSA) is 53.1 Å². The first-order chi connectivity index (χ1) is 8.45. The largest absolute Gasteiger partial charge is 0.496 e. The first kappa shape index (κ1) is 12.5. The van der Waals surface area contributed by atoms with E-state index in [1.165, 1.54) is 5.56 Å². The Balaban J connectivity index is 2.78. The Morgan fingerprint density at radius 1 is 1.22 bits per heavy atom. The zero-order valence-electron chi connectivity index (χ0n) is 11.5. The lowest BCUT2D eigenvalue weighted by Gasteiger charge is -2.14. The van der Waals surface area contributed by atoms with Crippen LogP contribution in [0.5, 0.6) is 5.75 Å². The standard InChI is InChI=1S/C14H19N3O/c1-8-6-9(2)13(18-5)11(7-8)12-10(3)16-14(15)17(12)4/h6-7H,1-5H3,(H2,15,16). The minimum Gasteiger partial charge on any atom is -0.496 e.